The molecule has 0 aromatic heterocycles. The number of nitriles is 1. The van der Waals surface area contributed by atoms with Gasteiger partial charge in [0, 0.05) is 5.57 Å². The maximum Gasteiger partial charge on any atom is 0.0944 e. The van der Waals surface area contributed by atoms with Gasteiger partial charge in [-0.3, -0.25) is 0 Å². The minimum Gasteiger partial charge on any atom is -0.249 e. The molecule has 0 aromatic carbocycles. The maximum atomic E-state index is 8.47. The summed E-state index contributed by atoms with van der Waals surface area (Å²) in [5.41, 5.74) is 3.95. The molecule has 0 atom stereocenters. The monoisotopic (exact) mass is 146 g/mol. The molecule has 2 nitrogen and oxygen atoms in total. The summed E-state index contributed by atoms with van der Waals surface area (Å²) in [7, 11) is 0. The van der Waals surface area contributed by atoms with E-state index in [0.717, 1.165) is 22.6 Å². The van der Waals surface area contributed by atoms with E-state index in [1.54, 1.807) is 6.92 Å². The Balaban J connectivity index is 2.75. The van der Waals surface area contributed by atoms with Crippen LogP contribution < -0.4 is 0 Å². The van der Waals surface area contributed by atoms with Crippen LogP contribution in [0.2, 0.25) is 0 Å². The van der Waals surface area contributed by atoms with Crippen LogP contribution >= 0.6 is 0 Å². The number of allylic oxidation sites excluding steroid dienone is 4. The number of hydrogen-bond donors (Lipinski definition) is 0. The highest BCUT2D eigenvalue weighted by Gasteiger charge is 2.15. The van der Waals surface area contributed by atoms with Crippen molar-refractivity contribution in [3.8, 4) is 6.07 Å². The second-order valence-electron chi connectivity index (χ2n) is 2.67. The van der Waals surface area contributed by atoms with Crippen molar-refractivity contribution in [2.75, 3.05) is 0 Å². The average molecular weight is 146 g/mol. The van der Waals surface area contributed by atoms with E-state index in [-0.39, 0.29) is 0 Å². The van der Waals surface area contributed by atoms with Crippen molar-refractivity contribution in [2.24, 2.45) is 4.99 Å². The third-order valence-corrected chi connectivity index (χ3v) is 1.56. The van der Waals surface area contributed by atoms with Crippen molar-refractivity contribution in [1.29, 1.82) is 5.26 Å². The fourth-order valence-electron chi connectivity index (χ4n) is 0.939. The van der Waals surface area contributed by atoms with Crippen LogP contribution in [0.4, 0.5) is 0 Å². The predicted molar refractivity (Wildman–Crippen MR) is 45.2 cm³/mol. The lowest BCUT2D eigenvalue weighted by Crippen LogP contribution is -1.76. The maximum absolute atomic E-state index is 8.47. The molecule has 2 heteroatoms. The van der Waals surface area contributed by atoms with E-state index in [2.05, 4.69) is 11.1 Å². The molecule has 0 aromatic rings. The van der Waals surface area contributed by atoms with E-state index in [4.69, 9.17) is 5.26 Å². The highest BCUT2D eigenvalue weighted by Crippen LogP contribution is 2.22. The fourth-order valence-corrected chi connectivity index (χ4v) is 0.939. The van der Waals surface area contributed by atoms with Crippen LogP contribution in [0.5, 0.6) is 0 Å². The van der Waals surface area contributed by atoms with Gasteiger partial charge in [0.2, 0.25) is 0 Å². The van der Waals surface area contributed by atoms with E-state index in [1.165, 1.54) is 0 Å². The first-order valence-corrected chi connectivity index (χ1v) is 3.50. The fraction of sp³-hybridized carbons (Fsp3) is 0.333. The van der Waals surface area contributed by atoms with Gasteiger partial charge in [0.05, 0.1) is 17.5 Å². The Morgan fingerprint density at radius 1 is 1.55 bits per heavy atom. The molecule has 1 aliphatic rings. The van der Waals surface area contributed by atoms with Gasteiger partial charge in [0.15, 0.2) is 0 Å². The summed E-state index contributed by atoms with van der Waals surface area (Å²) in [5.74, 6) is 0. The van der Waals surface area contributed by atoms with E-state index in [9.17, 15) is 0 Å². The highest BCUT2D eigenvalue weighted by molar-refractivity contribution is 6.11. The van der Waals surface area contributed by atoms with Gasteiger partial charge in [-0.1, -0.05) is 0 Å². The summed E-state index contributed by atoms with van der Waals surface area (Å²) in [6, 6.07) is 2.07. The van der Waals surface area contributed by atoms with Crippen molar-refractivity contribution < 1.29 is 0 Å². The van der Waals surface area contributed by atoms with Crippen LogP contribution in [0.25, 0.3) is 0 Å². The van der Waals surface area contributed by atoms with Gasteiger partial charge in [-0.15, -0.1) is 0 Å². The lowest BCUT2D eigenvalue weighted by atomic mass is 10.2. The molecule has 0 spiro atoms. The molecule has 0 saturated carbocycles. The molecule has 11 heavy (non-hydrogen) atoms. The molecule has 0 fully saturated rings. The minimum atomic E-state index is 0.727. The molecule has 0 N–H and O–H groups in total. The topological polar surface area (TPSA) is 36.1 Å². The highest BCUT2D eigenvalue weighted by atomic mass is 14.9. The Bertz CT molecular complexity index is 311. The summed E-state index contributed by atoms with van der Waals surface area (Å²) >= 11 is 0. The van der Waals surface area contributed by atoms with Crippen LogP contribution in [0, 0.1) is 11.3 Å². The Kier molecular flexibility index (Phi) is 1.91. The first-order chi connectivity index (χ1) is 5.15. The molecule has 0 aliphatic carbocycles. The largest absolute Gasteiger partial charge is 0.249 e. The third-order valence-electron chi connectivity index (χ3n) is 1.56. The zero-order chi connectivity index (χ0) is 8.43. The minimum absolute atomic E-state index is 0.727. The number of hydrogen-bond acceptors (Lipinski definition) is 2. The van der Waals surface area contributed by atoms with Gasteiger partial charge >= 0.3 is 0 Å². The molecule has 0 unspecified atom stereocenters. The summed E-state index contributed by atoms with van der Waals surface area (Å²) in [4.78, 5) is 4.08. The predicted octanol–water partition coefficient (Wildman–Crippen LogP) is 2.20. The number of aliphatic imine (C=N–C) groups is 1. The molecule has 56 valence electrons. The van der Waals surface area contributed by atoms with E-state index in [1.807, 2.05) is 19.9 Å². The molecule has 1 rings (SSSR count). The van der Waals surface area contributed by atoms with Crippen LogP contribution in [0.1, 0.15) is 20.8 Å². The van der Waals surface area contributed by atoms with Crippen LogP contribution in [0.3, 0.4) is 0 Å². The van der Waals surface area contributed by atoms with Crippen LogP contribution in [-0.4, -0.2) is 5.71 Å². The van der Waals surface area contributed by atoms with Crippen molar-refractivity contribution in [2.45, 2.75) is 20.8 Å². The van der Waals surface area contributed by atoms with Crippen LogP contribution in [-0.2, 0) is 0 Å². The molecular formula is C9H10N2. The summed E-state index contributed by atoms with van der Waals surface area (Å²) in [5, 5.41) is 8.47. The standard InChI is InChI=1S/C9H10N2/c1-6(5-10)4-7(2)9-8(3)11-9/h4H,1-3H3/b6-4-,9-7+. The number of nitrogens with zero attached hydrogens (tertiary/aromatic N) is 2. The molecular weight excluding hydrogens is 136 g/mol. The van der Waals surface area contributed by atoms with Crippen LogP contribution in [0.15, 0.2) is 27.9 Å². The Hall–Kier alpha value is -1.36. The average Bonchev–Trinajstić information content (AvgIpc) is 2.66. The lowest BCUT2D eigenvalue weighted by Gasteiger charge is -1.87. The molecule has 1 aliphatic heterocycles. The van der Waals surface area contributed by atoms with Gasteiger partial charge in [-0.05, 0) is 32.4 Å². The lowest BCUT2D eigenvalue weighted by molar-refractivity contribution is 1.39. The van der Waals surface area contributed by atoms with Gasteiger partial charge in [0.25, 0.3) is 0 Å². The zero-order valence-corrected chi connectivity index (χ0v) is 6.97. The SMILES string of the molecule is CC1=NC/1=C(C)/C=C(/C)C#N. The second kappa shape index (κ2) is 2.71. The first kappa shape index (κ1) is 7.74. The third kappa shape index (κ3) is 1.78. The molecule has 0 amide bonds. The van der Waals surface area contributed by atoms with E-state index >= 15 is 0 Å². The summed E-state index contributed by atoms with van der Waals surface area (Å²) in [6.45, 7) is 5.73. The summed E-state index contributed by atoms with van der Waals surface area (Å²) < 4.78 is 0. The normalized spacial score (nSPS) is 20.5. The van der Waals surface area contributed by atoms with Crippen molar-refractivity contribution in [1.82, 2.24) is 0 Å². The van der Waals surface area contributed by atoms with Gasteiger partial charge < -0.3 is 0 Å². The van der Waals surface area contributed by atoms with Gasteiger partial charge in [0.1, 0.15) is 0 Å². The van der Waals surface area contributed by atoms with Gasteiger partial charge in [-0.25, -0.2) is 4.99 Å². The molecule has 0 saturated heterocycles. The molecule has 0 radical (unpaired) electrons. The van der Waals surface area contributed by atoms with E-state index < -0.39 is 0 Å². The first-order valence-electron chi connectivity index (χ1n) is 3.50. The van der Waals surface area contributed by atoms with Crippen molar-refractivity contribution in [3.63, 3.8) is 0 Å². The van der Waals surface area contributed by atoms with Gasteiger partial charge in [-0.2, -0.15) is 5.26 Å². The zero-order valence-electron chi connectivity index (χ0n) is 6.97. The van der Waals surface area contributed by atoms with Crippen molar-refractivity contribution >= 4 is 5.71 Å². The molecule has 0 bridgehead atoms. The van der Waals surface area contributed by atoms with E-state index in [0.29, 0.717) is 0 Å². The quantitative estimate of drug-likeness (QED) is 0.522. The second-order valence-corrected chi connectivity index (χ2v) is 2.67. The number of rotatable bonds is 1. The molecule has 1 heterocycles. The van der Waals surface area contributed by atoms with Crippen molar-refractivity contribution in [3.05, 3.63) is 22.9 Å². The Morgan fingerprint density at radius 3 is 2.45 bits per heavy atom. The Morgan fingerprint density at radius 2 is 2.09 bits per heavy atom. The summed E-state index contributed by atoms with van der Waals surface area (Å²) in [6.07, 6.45) is 1.86. The smallest absolute Gasteiger partial charge is 0.0944 e. The Labute approximate surface area is 66.6 Å².